The van der Waals surface area contributed by atoms with Crippen LogP contribution in [0.2, 0.25) is 5.02 Å². The van der Waals surface area contributed by atoms with Crippen LogP contribution >= 0.6 is 11.6 Å². The molecule has 1 aliphatic heterocycles. The molecule has 1 aromatic heterocycles. The molecule has 4 rings (SSSR count). The van der Waals surface area contributed by atoms with Crippen LogP contribution in [0.5, 0.6) is 5.75 Å². The molecule has 28 heavy (non-hydrogen) atoms. The third-order valence-electron chi connectivity index (χ3n) is 4.74. The minimum Gasteiger partial charge on any atom is -0.493 e. The molecule has 0 amide bonds. The Morgan fingerprint density at radius 2 is 2.07 bits per heavy atom. The van der Waals surface area contributed by atoms with Crippen molar-refractivity contribution in [3.8, 4) is 5.75 Å². The van der Waals surface area contributed by atoms with E-state index in [1.165, 1.54) is 0 Å². The van der Waals surface area contributed by atoms with Crippen LogP contribution in [-0.4, -0.2) is 39.8 Å². The van der Waals surface area contributed by atoms with Gasteiger partial charge in [0.2, 0.25) is 0 Å². The first kappa shape index (κ1) is 19.2. The molecule has 2 aromatic carbocycles. The first-order valence-electron chi connectivity index (χ1n) is 9.21. The molecule has 0 aliphatic carbocycles. The first-order valence-corrected chi connectivity index (χ1v) is 10.9. The molecule has 0 spiro atoms. The maximum absolute atomic E-state index is 12.8. The second kappa shape index (κ2) is 8.47. The van der Waals surface area contributed by atoms with E-state index in [0.29, 0.717) is 42.6 Å². The molecule has 3 aromatic rings. The van der Waals surface area contributed by atoms with Gasteiger partial charge in [-0.05, 0) is 29.8 Å². The van der Waals surface area contributed by atoms with Crippen molar-refractivity contribution in [3.05, 3.63) is 59.1 Å². The quantitative estimate of drug-likeness (QED) is 0.641. The zero-order valence-corrected chi connectivity index (χ0v) is 16.9. The fourth-order valence-corrected chi connectivity index (χ4v) is 4.82. The summed E-state index contributed by atoms with van der Waals surface area (Å²) in [6.07, 6.45) is 0.572. The fourth-order valence-electron chi connectivity index (χ4n) is 3.29. The van der Waals surface area contributed by atoms with Crippen molar-refractivity contribution in [2.45, 2.75) is 17.9 Å². The predicted molar refractivity (Wildman–Crippen MR) is 113 cm³/mol. The molecular formula is C21H21ClN2O3S. The van der Waals surface area contributed by atoms with E-state index < -0.39 is 10.8 Å². The molecular weight excluding hydrogens is 396 g/mol. The fraction of sp³-hybridized carbons (Fsp3) is 0.286. The van der Waals surface area contributed by atoms with E-state index in [1.807, 2.05) is 48.5 Å². The number of aromatic nitrogens is 1. The van der Waals surface area contributed by atoms with Crippen LogP contribution in [0, 0.1) is 0 Å². The minimum atomic E-state index is -1.11. The number of anilines is 1. The molecule has 1 N–H and O–H groups in total. The topological polar surface area (TPSA) is 62.7 Å². The van der Waals surface area contributed by atoms with Crippen molar-refractivity contribution in [1.82, 2.24) is 4.98 Å². The molecule has 1 aliphatic rings. The number of halogens is 1. The average molecular weight is 417 g/mol. The number of aliphatic hydroxyl groups is 1. The highest BCUT2D eigenvalue weighted by Crippen LogP contribution is 2.30. The Balaban J connectivity index is 1.63. The highest BCUT2D eigenvalue weighted by atomic mass is 35.5. The number of ether oxygens (including phenoxy) is 1. The molecule has 5 nitrogen and oxygen atoms in total. The normalized spacial score (nSPS) is 16.6. The van der Waals surface area contributed by atoms with Crippen molar-refractivity contribution in [2.75, 3.05) is 30.4 Å². The Morgan fingerprint density at radius 1 is 1.21 bits per heavy atom. The third kappa shape index (κ3) is 3.99. The summed E-state index contributed by atoms with van der Waals surface area (Å²) < 4.78 is 18.4. The Hall–Kier alpha value is -2.15. The van der Waals surface area contributed by atoms with Gasteiger partial charge in [0.15, 0.2) is 0 Å². The first-order chi connectivity index (χ1) is 13.7. The molecule has 0 fully saturated rings. The van der Waals surface area contributed by atoms with Crippen LogP contribution in [-0.2, 0) is 17.3 Å². The lowest BCUT2D eigenvalue weighted by Gasteiger charge is -2.22. The summed E-state index contributed by atoms with van der Waals surface area (Å²) in [5.74, 6) is 1.98. The molecule has 7 heteroatoms. The summed E-state index contributed by atoms with van der Waals surface area (Å²) in [6, 6.07) is 15.4. The van der Waals surface area contributed by atoms with Gasteiger partial charge in [-0.1, -0.05) is 35.9 Å². The van der Waals surface area contributed by atoms with Gasteiger partial charge in [0, 0.05) is 42.2 Å². The predicted octanol–water partition coefficient (Wildman–Crippen LogP) is 3.78. The highest BCUT2D eigenvalue weighted by molar-refractivity contribution is 7.85. The minimum absolute atomic E-state index is 0.0904. The zero-order chi connectivity index (χ0) is 19.5. The highest BCUT2D eigenvalue weighted by Gasteiger charge is 2.21. The zero-order valence-electron chi connectivity index (χ0n) is 15.3. The Kier molecular flexibility index (Phi) is 5.80. The number of fused-ring (bicyclic) bond motifs is 2. The summed E-state index contributed by atoms with van der Waals surface area (Å²) >= 11 is 6.47. The summed E-state index contributed by atoms with van der Waals surface area (Å²) in [5.41, 5.74) is 1.85. The maximum atomic E-state index is 12.8. The lowest BCUT2D eigenvalue weighted by atomic mass is 10.2. The smallest absolute Gasteiger partial charge is 0.131 e. The molecule has 1 unspecified atom stereocenters. The summed E-state index contributed by atoms with van der Waals surface area (Å²) in [5, 5.41) is 10.5. The lowest BCUT2D eigenvalue weighted by Crippen LogP contribution is -2.25. The van der Waals surface area contributed by atoms with E-state index in [4.69, 9.17) is 26.4 Å². The van der Waals surface area contributed by atoms with E-state index in [2.05, 4.69) is 4.90 Å². The van der Waals surface area contributed by atoms with Gasteiger partial charge in [-0.25, -0.2) is 4.98 Å². The molecule has 0 bridgehead atoms. The van der Waals surface area contributed by atoms with E-state index in [1.54, 1.807) is 0 Å². The van der Waals surface area contributed by atoms with Gasteiger partial charge in [0.1, 0.15) is 11.6 Å². The van der Waals surface area contributed by atoms with Crippen LogP contribution in [0.3, 0.4) is 0 Å². The van der Waals surface area contributed by atoms with Crippen molar-refractivity contribution in [1.29, 1.82) is 0 Å². The van der Waals surface area contributed by atoms with Gasteiger partial charge in [-0.3, -0.25) is 4.21 Å². The molecule has 2 heterocycles. The molecule has 146 valence electrons. The number of rotatable bonds is 5. The van der Waals surface area contributed by atoms with Crippen LogP contribution in [0.15, 0.2) is 53.4 Å². The van der Waals surface area contributed by atoms with Crippen molar-refractivity contribution < 1.29 is 14.1 Å². The van der Waals surface area contributed by atoms with Gasteiger partial charge in [-0.2, -0.15) is 0 Å². The number of hydrogen-bond donors (Lipinski definition) is 1. The number of benzene rings is 2. The standard InChI is InChI=1S/C21H21ClN2O3S/c22-18-13-21(23-19-5-2-1-4-17(18)19)24-8-11-28(26)20-12-16(27-10-3-9-25)7-6-15(20)14-24/h1-2,4-7,12-13,25H,3,8-11,14H2. The lowest BCUT2D eigenvalue weighted by molar-refractivity contribution is 0.233. The SMILES string of the molecule is O=S1CCN(c2cc(Cl)c3ccccc3n2)Cc2ccc(OCCCO)cc21. The van der Waals surface area contributed by atoms with E-state index >= 15 is 0 Å². The molecule has 0 saturated carbocycles. The molecule has 0 radical (unpaired) electrons. The Labute approximate surface area is 171 Å². The van der Waals surface area contributed by atoms with Crippen LogP contribution in [0.1, 0.15) is 12.0 Å². The van der Waals surface area contributed by atoms with Gasteiger partial charge in [-0.15, -0.1) is 0 Å². The average Bonchev–Trinajstić information content (AvgIpc) is 2.87. The van der Waals surface area contributed by atoms with Crippen molar-refractivity contribution in [2.24, 2.45) is 0 Å². The van der Waals surface area contributed by atoms with Crippen molar-refractivity contribution in [3.63, 3.8) is 0 Å². The van der Waals surface area contributed by atoms with Crippen LogP contribution in [0.4, 0.5) is 5.82 Å². The summed E-state index contributed by atoms with van der Waals surface area (Å²) in [6.45, 7) is 1.77. The monoisotopic (exact) mass is 416 g/mol. The van der Waals surface area contributed by atoms with Gasteiger partial charge in [0.05, 0.1) is 27.9 Å². The second-order valence-electron chi connectivity index (χ2n) is 6.65. The van der Waals surface area contributed by atoms with Gasteiger partial charge < -0.3 is 14.7 Å². The van der Waals surface area contributed by atoms with Crippen LogP contribution in [0.25, 0.3) is 10.9 Å². The number of aliphatic hydroxyl groups excluding tert-OH is 1. The number of hydrogen-bond acceptors (Lipinski definition) is 5. The van der Waals surface area contributed by atoms with Gasteiger partial charge >= 0.3 is 0 Å². The second-order valence-corrected chi connectivity index (χ2v) is 8.59. The van der Waals surface area contributed by atoms with Crippen LogP contribution < -0.4 is 9.64 Å². The third-order valence-corrected chi connectivity index (χ3v) is 6.48. The Bertz CT molecular complexity index is 1030. The molecule has 1 atom stereocenters. The summed E-state index contributed by atoms with van der Waals surface area (Å²) in [4.78, 5) is 7.68. The maximum Gasteiger partial charge on any atom is 0.131 e. The van der Waals surface area contributed by atoms with E-state index in [0.717, 1.165) is 27.2 Å². The molecule has 0 saturated heterocycles. The number of nitrogens with zero attached hydrogens (tertiary/aromatic N) is 2. The van der Waals surface area contributed by atoms with Gasteiger partial charge in [0.25, 0.3) is 0 Å². The Morgan fingerprint density at radius 3 is 2.93 bits per heavy atom. The number of para-hydroxylation sites is 1. The van der Waals surface area contributed by atoms with Crippen molar-refractivity contribution >= 4 is 39.1 Å². The summed E-state index contributed by atoms with van der Waals surface area (Å²) in [7, 11) is -1.11. The van der Waals surface area contributed by atoms with E-state index in [-0.39, 0.29) is 6.61 Å². The van der Waals surface area contributed by atoms with E-state index in [9.17, 15) is 4.21 Å². The number of pyridine rings is 1. The largest absolute Gasteiger partial charge is 0.493 e.